The molecule has 1 saturated carbocycles. The number of sulfonamides is 1. The van der Waals surface area contributed by atoms with Crippen molar-refractivity contribution in [3.05, 3.63) is 28.2 Å². The highest BCUT2D eigenvalue weighted by molar-refractivity contribution is 9.10. The molecule has 1 fully saturated rings. The first-order valence-electron chi connectivity index (χ1n) is 8.05. The van der Waals surface area contributed by atoms with Crippen LogP contribution < -0.4 is 10.0 Å². The molecule has 1 aromatic rings. The molecular weight excluding hydrogens is 412 g/mol. The number of benzene rings is 1. The van der Waals surface area contributed by atoms with Crippen molar-refractivity contribution in [2.24, 2.45) is 0 Å². The Labute approximate surface area is 155 Å². The Hall–Kier alpha value is -1.45. The molecule has 0 aliphatic heterocycles. The van der Waals surface area contributed by atoms with Gasteiger partial charge in [0, 0.05) is 17.1 Å². The Morgan fingerprint density at radius 3 is 2.64 bits per heavy atom. The highest BCUT2D eigenvalue weighted by Gasteiger charge is 2.29. The van der Waals surface area contributed by atoms with Crippen LogP contribution in [0.1, 0.15) is 43.5 Å². The summed E-state index contributed by atoms with van der Waals surface area (Å²) in [4.78, 5) is 24.1. The van der Waals surface area contributed by atoms with Gasteiger partial charge in [-0.15, -0.1) is 0 Å². The lowest BCUT2D eigenvalue weighted by Crippen LogP contribution is -2.36. The van der Waals surface area contributed by atoms with Crippen molar-refractivity contribution in [1.82, 2.24) is 10.0 Å². The van der Waals surface area contributed by atoms with Gasteiger partial charge in [-0.1, -0.05) is 6.92 Å². The monoisotopic (exact) mass is 432 g/mol. The summed E-state index contributed by atoms with van der Waals surface area (Å²) in [6, 6.07) is 4.09. The Bertz CT molecular complexity index is 762. The summed E-state index contributed by atoms with van der Waals surface area (Å²) < 4.78 is 32.6. The highest BCUT2D eigenvalue weighted by Crippen LogP contribution is 2.25. The van der Waals surface area contributed by atoms with E-state index in [1.54, 1.807) is 0 Å². The predicted octanol–water partition coefficient (Wildman–Crippen LogP) is 1.96. The molecule has 7 nitrogen and oxygen atoms in total. The number of halogens is 1. The van der Waals surface area contributed by atoms with Gasteiger partial charge < -0.3 is 10.1 Å². The molecule has 25 heavy (non-hydrogen) atoms. The van der Waals surface area contributed by atoms with Gasteiger partial charge in [0.25, 0.3) is 5.91 Å². The Kier molecular flexibility index (Phi) is 6.59. The van der Waals surface area contributed by atoms with Crippen molar-refractivity contribution >= 4 is 37.8 Å². The van der Waals surface area contributed by atoms with Crippen LogP contribution in [0, 0.1) is 0 Å². The van der Waals surface area contributed by atoms with E-state index >= 15 is 0 Å². The van der Waals surface area contributed by atoms with Gasteiger partial charge in [-0.25, -0.2) is 17.9 Å². The molecule has 1 unspecified atom stereocenters. The van der Waals surface area contributed by atoms with Crippen LogP contribution in [0.4, 0.5) is 0 Å². The number of amides is 1. The Balaban J connectivity index is 2.13. The van der Waals surface area contributed by atoms with Crippen molar-refractivity contribution in [2.45, 2.75) is 50.2 Å². The number of rotatable bonds is 8. The molecule has 0 spiro atoms. The maximum Gasteiger partial charge on any atom is 0.340 e. The van der Waals surface area contributed by atoms with E-state index in [-0.39, 0.29) is 16.5 Å². The second kappa shape index (κ2) is 8.29. The summed E-state index contributed by atoms with van der Waals surface area (Å²) in [7, 11) is -3.68. The van der Waals surface area contributed by atoms with E-state index in [4.69, 9.17) is 4.74 Å². The van der Waals surface area contributed by atoms with Crippen molar-refractivity contribution in [1.29, 1.82) is 0 Å². The molecular formula is C16H21BrN2O5S. The molecule has 1 aliphatic rings. The van der Waals surface area contributed by atoms with Gasteiger partial charge in [-0.05, 0) is 60.3 Å². The molecule has 1 amide bonds. The summed E-state index contributed by atoms with van der Waals surface area (Å²) in [6.07, 6.45) is 1.42. The summed E-state index contributed by atoms with van der Waals surface area (Å²) in [5.41, 5.74) is 0.0498. The molecule has 2 rings (SSSR count). The molecule has 138 valence electrons. The van der Waals surface area contributed by atoms with E-state index in [0.29, 0.717) is 11.0 Å². The molecule has 0 aromatic heterocycles. The van der Waals surface area contributed by atoms with Crippen LogP contribution in [0.25, 0.3) is 0 Å². The summed E-state index contributed by atoms with van der Waals surface area (Å²) in [6.45, 7) is 3.87. The van der Waals surface area contributed by atoms with E-state index in [1.165, 1.54) is 25.1 Å². The molecule has 2 N–H and O–H groups in total. The van der Waals surface area contributed by atoms with Crippen LogP contribution in [0.5, 0.6) is 0 Å². The number of hydrogen-bond acceptors (Lipinski definition) is 5. The van der Waals surface area contributed by atoms with Gasteiger partial charge in [-0.2, -0.15) is 0 Å². The first-order chi connectivity index (χ1) is 11.7. The van der Waals surface area contributed by atoms with Crippen molar-refractivity contribution in [3.63, 3.8) is 0 Å². The molecule has 1 atom stereocenters. The minimum Gasteiger partial charge on any atom is -0.449 e. The quantitative estimate of drug-likeness (QED) is 0.611. The lowest BCUT2D eigenvalue weighted by atomic mass is 10.2. The van der Waals surface area contributed by atoms with Crippen molar-refractivity contribution in [3.8, 4) is 0 Å². The fraction of sp³-hybridized carbons (Fsp3) is 0.500. The Morgan fingerprint density at radius 2 is 2.04 bits per heavy atom. The normalized spacial score (nSPS) is 15.5. The van der Waals surface area contributed by atoms with Crippen molar-refractivity contribution < 1.29 is 22.7 Å². The molecule has 1 aliphatic carbocycles. The summed E-state index contributed by atoms with van der Waals surface area (Å²) in [5.74, 6) is -1.17. The lowest BCUT2D eigenvalue weighted by molar-refractivity contribution is -0.129. The van der Waals surface area contributed by atoms with Crippen LogP contribution >= 0.6 is 15.9 Å². The highest BCUT2D eigenvalue weighted by atomic mass is 79.9. The van der Waals surface area contributed by atoms with Gasteiger partial charge in [0.05, 0.1) is 10.5 Å². The number of ether oxygens (including phenoxy) is 1. The van der Waals surface area contributed by atoms with E-state index in [9.17, 15) is 18.0 Å². The predicted molar refractivity (Wildman–Crippen MR) is 95.7 cm³/mol. The summed E-state index contributed by atoms with van der Waals surface area (Å²) >= 11 is 3.21. The van der Waals surface area contributed by atoms with Gasteiger partial charge in [0.2, 0.25) is 10.0 Å². The van der Waals surface area contributed by atoms with Gasteiger partial charge in [0.1, 0.15) is 0 Å². The van der Waals surface area contributed by atoms with E-state index < -0.39 is 28.0 Å². The topological polar surface area (TPSA) is 102 Å². The first-order valence-corrected chi connectivity index (χ1v) is 10.3. The third kappa shape index (κ3) is 5.52. The zero-order valence-electron chi connectivity index (χ0n) is 14.0. The number of carbonyl (C=O) groups is 2. The second-order valence-corrected chi connectivity index (χ2v) is 8.44. The SMILES string of the molecule is CCCNC(=O)C(C)OC(=O)c1cc(S(=O)(=O)NC2CC2)ccc1Br. The van der Waals surface area contributed by atoms with Gasteiger partial charge in [0.15, 0.2) is 6.10 Å². The minimum atomic E-state index is -3.68. The third-order valence-electron chi connectivity index (χ3n) is 3.57. The average molecular weight is 433 g/mol. The average Bonchev–Trinajstić information content (AvgIpc) is 3.35. The molecule has 9 heteroatoms. The zero-order valence-corrected chi connectivity index (χ0v) is 16.4. The van der Waals surface area contributed by atoms with Crippen LogP contribution in [-0.4, -0.2) is 39.0 Å². The largest absolute Gasteiger partial charge is 0.449 e. The molecule has 1 aromatic carbocycles. The van der Waals surface area contributed by atoms with Crippen molar-refractivity contribution in [2.75, 3.05) is 6.54 Å². The number of hydrogen-bond donors (Lipinski definition) is 2. The minimum absolute atomic E-state index is 0.0161. The second-order valence-electron chi connectivity index (χ2n) is 5.88. The van der Waals surface area contributed by atoms with Crippen LogP contribution in [0.2, 0.25) is 0 Å². The standard InChI is InChI=1S/C16H21BrN2O5S/c1-3-8-18-15(20)10(2)24-16(21)13-9-12(6-7-14(13)17)25(22,23)19-11-4-5-11/h6-7,9-11,19H,3-5,8H2,1-2H3,(H,18,20). The van der Waals surface area contributed by atoms with E-state index in [0.717, 1.165) is 19.3 Å². The van der Waals surface area contributed by atoms with Crippen LogP contribution in [0.15, 0.2) is 27.6 Å². The fourth-order valence-corrected chi connectivity index (χ4v) is 3.73. The third-order valence-corrected chi connectivity index (χ3v) is 5.78. The van der Waals surface area contributed by atoms with Gasteiger partial charge >= 0.3 is 5.97 Å². The van der Waals surface area contributed by atoms with E-state index in [1.807, 2.05) is 6.92 Å². The summed E-state index contributed by atoms with van der Waals surface area (Å²) in [5, 5.41) is 2.63. The molecule has 0 bridgehead atoms. The Morgan fingerprint density at radius 1 is 1.36 bits per heavy atom. The smallest absolute Gasteiger partial charge is 0.340 e. The van der Waals surface area contributed by atoms with Gasteiger partial charge in [-0.3, -0.25) is 4.79 Å². The number of carbonyl (C=O) groups excluding carboxylic acids is 2. The molecule has 0 heterocycles. The van der Waals surface area contributed by atoms with Crippen LogP contribution in [-0.2, 0) is 19.6 Å². The first kappa shape index (κ1) is 19.9. The fourth-order valence-electron chi connectivity index (χ4n) is 1.99. The maximum absolute atomic E-state index is 12.3. The zero-order chi connectivity index (χ0) is 18.6. The molecule has 0 saturated heterocycles. The molecule has 0 radical (unpaired) electrons. The number of nitrogens with one attached hydrogen (secondary N) is 2. The maximum atomic E-state index is 12.3. The van der Waals surface area contributed by atoms with E-state index in [2.05, 4.69) is 26.0 Å². The van der Waals surface area contributed by atoms with Crippen LogP contribution in [0.3, 0.4) is 0 Å². The lowest BCUT2D eigenvalue weighted by Gasteiger charge is -2.14. The number of esters is 1.